The first kappa shape index (κ1) is 15.4. The molecule has 5 nitrogen and oxygen atoms in total. The van der Waals surface area contributed by atoms with Gasteiger partial charge in [0.05, 0.1) is 13.2 Å². The minimum absolute atomic E-state index is 0. The van der Waals surface area contributed by atoms with Gasteiger partial charge in [-0.3, -0.25) is 4.79 Å². The largest absolute Gasteiger partial charge is 0.386 e. The van der Waals surface area contributed by atoms with Crippen LogP contribution >= 0.6 is 23.7 Å². The molecular weight excluding hydrogens is 276 g/mol. The number of nitrogens with zero attached hydrogens (tertiary/aromatic N) is 1. The molecule has 1 aliphatic heterocycles. The molecule has 2 unspecified atom stereocenters. The Hall–Kier alpha value is -0.660. The second-order valence-electron chi connectivity index (χ2n) is 3.96. The maximum Gasteiger partial charge on any atom is 0.242 e. The lowest BCUT2D eigenvalue weighted by Gasteiger charge is -2.30. The van der Waals surface area contributed by atoms with Gasteiger partial charge in [0.25, 0.3) is 0 Å². The smallest absolute Gasteiger partial charge is 0.242 e. The van der Waals surface area contributed by atoms with Crippen molar-refractivity contribution in [1.82, 2.24) is 4.90 Å². The van der Waals surface area contributed by atoms with Gasteiger partial charge in [0, 0.05) is 13.1 Å². The summed E-state index contributed by atoms with van der Waals surface area (Å²) in [7, 11) is 0. The number of carbonyl (C=O) groups is 1. The Morgan fingerprint density at radius 2 is 2.17 bits per heavy atom. The lowest BCUT2D eigenvalue weighted by Crippen LogP contribution is -2.50. The zero-order valence-electron chi connectivity index (χ0n) is 9.82. The summed E-state index contributed by atoms with van der Waals surface area (Å²) in [5.41, 5.74) is 6.50. The molecule has 1 amide bonds. The second-order valence-corrected chi connectivity index (χ2v) is 4.74. The molecule has 0 aromatic carbocycles. The third kappa shape index (κ3) is 3.43. The van der Waals surface area contributed by atoms with Gasteiger partial charge in [-0.1, -0.05) is 0 Å². The third-order valence-electron chi connectivity index (χ3n) is 2.83. The number of aliphatic hydroxyl groups is 1. The molecule has 1 saturated heterocycles. The van der Waals surface area contributed by atoms with Crippen LogP contribution in [0.5, 0.6) is 0 Å². The fourth-order valence-corrected chi connectivity index (χ4v) is 2.47. The third-order valence-corrected chi connectivity index (χ3v) is 3.53. The number of aliphatic hydroxyl groups excluding tert-OH is 1. The van der Waals surface area contributed by atoms with E-state index in [1.165, 1.54) is 11.3 Å². The summed E-state index contributed by atoms with van der Waals surface area (Å²) >= 11 is 1.47. The van der Waals surface area contributed by atoms with Crippen LogP contribution in [0, 0.1) is 0 Å². The van der Waals surface area contributed by atoms with Gasteiger partial charge in [0.15, 0.2) is 0 Å². The number of carbonyl (C=O) groups excluding carboxylic acids is 1. The summed E-state index contributed by atoms with van der Waals surface area (Å²) in [6.45, 7) is 2.16. The van der Waals surface area contributed by atoms with Crippen LogP contribution in [0.1, 0.15) is 11.7 Å². The number of ether oxygens (including phenoxy) is 1. The molecular formula is C11H17ClN2O3S. The molecule has 0 radical (unpaired) electrons. The highest BCUT2D eigenvalue weighted by atomic mass is 35.5. The topological polar surface area (TPSA) is 75.8 Å². The number of hydrogen-bond donors (Lipinski definition) is 2. The van der Waals surface area contributed by atoms with Crippen molar-refractivity contribution in [3.8, 4) is 0 Å². The van der Waals surface area contributed by atoms with E-state index in [1.54, 1.807) is 16.3 Å². The number of thiophene rings is 1. The Morgan fingerprint density at radius 1 is 1.50 bits per heavy atom. The van der Waals surface area contributed by atoms with Gasteiger partial charge in [0.1, 0.15) is 12.1 Å². The van der Waals surface area contributed by atoms with E-state index in [9.17, 15) is 9.90 Å². The fraction of sp³-hybridized carbons (Fsp3) is 0.545. The van der Waals surface area contributed by atoms with Crippen LogP contribution in [0.3, 0.4) is 0 Å². The van der Waals surface area contributed by atoms with Gasteiger partial charge in [0.2, 0.25) is 5.91 Å². The van der Waals surface area contributed by atoms with Gasteiger partial charge in [-0.2, -0.15) is 11.3 Å². The maximum absolute atomic E-state index is 12.0. The van der Waals surface area contributed by atoms with Crippen molar-refractivity contribution < 1.29 is 14.6 Å². The lowest BCUT2D eigenvalue weighted by atomic mass is 10.0. The zero-order valence-corrected chi connectivity index (χ0v) is 11.5. The molecule has 0 spiro atoms. The predicted octanol–water partition coefficient (Wildman–Crippen LogP) is 0.389. The summed E-state index contributed by atoms with van der Waals surface area (Å²) in [4.78, 5) is 13.7. The molecule has 1 aromatic rings. The van der Waals surface area contributed by atoms with Gasteiger partial charge in [-0.05, 0) is 22.4 Å². The number of nitrogens with two attached hydrogens (primary N) is 1. The van der Waals surface area contributed by atoms with E-state index in [1.807, 2.05) is 5.38 Å². The number of morpholine rings is 1. The van der Waals surface area contributed by atoms with Crippen molar-refractivity contribution in [2.75, 3.05) is 26.3 Å². The standard InChI is InChI=1S/C11H16N2O3S.ClH/c12-9(10(14)8-1-6-17-7-8)11(15)13-2-4-16-5-3-13;/h1,6-7,9-10,14H,2-5,12H2;1H. The maximum atomic E-state index is 12.0. The molecule has 2 atom stereocenters. The quantitative estimate of drug-likeness (QED) is 0.845. The summed E-state index contributed by atoms with van der Waals surface area (Å²) in [6, 6.07) is 0.879. The van der Waals surface area contributed by atoms with Crippen LogP contribution in [-0.2, 0) is 9.53 Å². The monoisotopic (exact) mass is 292 g/mol. The molecule has 2 rings (SSSR count). The molecule has 0 saturated carbocycles. The van der Waals surface area contributed by atoms with Crippen LogP contribution in [0.25, 0.3) is 0 Å². The van der Waals surface area contributed by atoms with E-state index in [0.717, 1.165) is 0 Å². The predicted molar refractivity (Wildman–Crippen MR) is 71.9 cm³/mol. The summed E-state index contributed by atoms with van der Waals surface area (Å²) in [5.74, 6) is -0.216. The molecule has 1 aliphatic rings. The molecule has 1 fully saturated rings. The Morgan fingerprint density at radius 3 is 2.72 bits per heavy atom. The molecule has 102 valence electrons. The molecule has 0 aliphatic carbocycles. The number of rotatable bonds is 3. The van der Waals surface area contributed by atoms with Crippen molar-refractivity contribution in [2.45, 2.75) is 12.1 Å². The minimum atomic E-state index is -0.934. The molecule has 18 heavy (non-hydrogen) atoms. The molecule has 7 heteroatoms. The van der Waals surface area contributed by atoms with E-state index in [2.05, 4.69) is 0 Å². The Bertz CT molecular complexity index is 368. The normalized spacial score (nSPS) is 18.9. The first-order valence-electron chi connectivity index (χ1n) is 5.52. The first-order valence-corrected chi connectivity index (χ1v) is 6.46. The lowest BCUT2D eigenvalue weighted by molar-refractivity contribution is -0.139. The summed E-state index contributed by atoms with van der Waals surface area (Å²) in [5, 5.41) is 13.6. The van der Waals surface area contributed by atoms with E-state index in [-0.39, 0.29) is 18.3 Å². The Balaban J connectivity index is 0.00000162. The van der Waals surface area contributed by atoms with E-state index in [0.29, 0.717) is 31.9 Å². The highest BCUT2D eigenvalue weighted by molar-refractivity contribution is 7.07. The van der Waals surface area contributed by atoms with Crippen molar-refractivity contribution in [1.29, 1.82) is 0 Å². The minimum Gasteiger partial charge on any atom is -0.386 e. The first-order chi connectivity index (χ1) is 8.20. The summed E-state index contributed by atoms with van der Waals surface area (Å²) < 4.78 is 5.17. The van der Waals surface area contributed by atoms with Gasteiger partial charge >= 0.3 is 0 Å². The van der Waals surface area contributed by atoms with Crippen LogP contribution < -0.4 is 5.73 Å². The fourth-order valence-electron chi connectivity index (χ4n) is 1.78. The van der Waals surface area contributed by atoms with E-state index < -0.39 is 12.1 Å². The average Bonchev–Trinajstić information content (AvgIpc) is 2.91. The number of amides is 1. The van der Waals surface area contributed by atoms with Crippen LogP contribution in [0.4, 0.5) is 0 Å². The number of hydrogen-bond acceptors (Lipinski definition) is 5. The van der Waals surface area contributed by atoms with Crippen LogP contribution in [0.2, 0.25) is 0 Å². The average molecular weight is 293 g/mol. The van der Waals surface area contributed by atoms with E-state index >= 15 is 0 Å². The zero-order chi connectivity index (χ0) is 12.3. The highest BCUT2D eigenvalue weighted by Crippen LogP contribution is 2.19. The van der Waals surface area contributed by atoms with Crippen LogP contribution in [-0.4, -0.2) is 48.3 Å². The van der Waals surface area contributed by atoms with Crippen molar-refractivity contribution >= 4 is 29.7 Å². The van der Waals surface area contributed by atoms with Crippen molar-refractivity contribution in [3.63, 3.8) is 0 Å². The van der Waals surface area contributed by atoms with Gasteiger partial charge in [-0.25, -0.2) is 0 Å². The Kier molecular flexibility index (Phi) is 6.04. The molecule has 1 aromatic heterocycles. The van der Waals surface area contributed by atoms with Crippen molar-refractivity contribution in [3.05, 3.63) is 22.4 Å². The van der Waals surface area contributed by atoms with E-state index in [4.69, 9.17) is 10.5 Å². The van der Waals surface area contributed by atoms with Gasteiger partial charge < -0.3 is 20.5 Å². The van der Waals surface area contributed by atoms with Gasteiger partial charge in [-0.15, -0.1) is 12.4 Å². The Labute approximate surface area is 116 Å². The van der Waals surface area contributed by atoms with Crippen LogP contribution in [0.15, 0.2) is 16.8 Å². The molecule has 0 bridgehead atoms. The second kappa shape index (κ2) is 7.06. The highest BCUT2D eigenvalue weighted by Gasteiger charge is 2.29. The number of halogens is 1. The SMILES string of the molecule is Cl.NC(C(=O)N1CCOCC1)C(O)c1ccsc1. The van der Waals surface area contributed by atoms with Crippen molar-refractivity contribution in [2.24, 2.45) is 5.73 Å². The molecule has 3 N–H and O–H groups in total. The molecule has 2 heterocycles. The summed E-state index contributed by atoms with van der Waals surface area (Å²) in [6.07, 6.45) is -0.934.